The maximum absolute atomic E-state index is 10.6. The molecule has 0 unspecified atom stereocenters. The Morgan fingerprint density at radius 2 is 1.84 bits per heavy atom. The lowest BCUT2D eigenvalue weighted by atomic mass is 10.2. The van der Waals surface area contributed by atoms with Crippen molar-refractivity contribution in [3.63, 3.8) is 0 Å². The first-order chi connectivity index (χ1) is 12.1. The molecule has 0 aliphatic heterocycles. The first-order valence-corrected chi connectivity index (χ1v) is 8.12. The zero-order chi connectivity index (χ0) is 18.1. The summed E-state index contributed by atoms with van der Waals surface area (Å²) in [5, 5.41) is 17.2. The third-order valence-corrected chi connectivity index (χ3v) is 3.57. The Bertz CT molecular complexity index is 689. The van der Waals surface area contributed by atoms with Crippen molar-refractivity contribution in [2.24, 2.45) is 0 Å². The Kier molecular flexibility index (Phi) is 7.03. The van der Waals surface area contributed by atoms with Crippen molar-refractivity contribution in [2.45, 2.75) is 13.5 Å². The predicted octanol–water partition coefficient (Wildman–Crippen LogP) is 3.20. The molecule has 0 radical (unpaired) electrons. The summed E-state index contributed by atoms with van der Waals surface area (Å²) in [5.41, 5.74) is 2.05. The lowest BCUT2D eigenvalue weighted by Gasteiger charge is -2.12. The third-order valence-electron chi connectivity index (χ3n) is 3.57. The number of benzene rings is 2. The maximum atomic E-state index is 10.6. The molecule has 25 heavy (non-hydrogen) atoms. The third kappa shape index (κ3) is 5.65. The van der Waals surface area contributed by atoms with Crippen molar-refractivity contribution < 1.29 is 14.4 Å². The molecule has 0 saturated carbocycles. The van der Waals surface area contributed by atoms with E-state index < -0.39 is 4.92 Å². The summed E-state index contributed by atoms with van der Waals surface area (Å²) in [4.78, 5) is 10.2. The van der Waals surface area contributed by atoms with Gasteiger partial charge in [0, 0.05) is 37.5 Å². The molecule has 0 aromatic heterocycles. The van der Waals surface area contributed by atoms with E-state index in [9.17, 15) is 10.1 Å². The van der Waals surface area contributed by atoms with Crippen LogP contribution >= 0.6 is 0 Å². The molecule has 134 valence electrons. The molecule has 0 saturated heterocycles. The van der Waals surface area contributed by atoms with E-state index in [2.05, 4.69) is 10.6 Å². The molecule has 7 heteroatoms. The van der Waals surface area contributed by atoms with Gasteiger partial charge in [0.15, 0.2) is 11.5 Å². The quantitative estimate of drug-likeness (QED) is 0.391. The fraction of sp³-hybridized carbons (Fsp3) is 0.333. The van der Waals surface area contributed by atoms with Crippen LogP contribution in [0.2, 0.25) is 0 Å². The van der Waals surface area contributed by atoms with Crippen LogP contribution in [0.5, 0.6) is 11.5 Å². The van der Waals surface area contributed by atoms with Crippen molar-refractivity contribution in [3.8, 4) is 11.5 Å². The summed E-state index contributed by atoms with van der Waals surface area (Å²) in [6, 6.07) is 12.3. The number of ether oxygens (including phenoxy) is 2. The van der Waals surface area contributed by atoms with Crippen molar-refractivity contribution in [1.82, 2.24) is 5.32 Å². The van der Waals surface area contributed by atoms with Gasteiger partial charge in [0.1, 0.15) is 0 Å². The molecule has 0 heterocycles. The Hall–Kier alpha value is -2.80. The standard InChI is InChI=1S/C18H23N3O4/c1-3-25-17-9-4-14(12-18(17)24-2)13-19-10-11-20-15-5-7-16(8-6-15)21(22)23/h4-9,12,19-20H,3,10-11,13H2,1-2H3. The van der Waals surface area contributed by atoms with Crippen LogP contribution in [-0.4, -0.2) is 31.7 Å². The molecule has 0 fully saturated rings. The first-order valence-electron chi connectivity index (χ1n) is 8.12. The van der Waals surface area contributed by atoms with Gasteiger partial charge in [-0.3, -0.25) is 10.1 Å². The highest BCUT2D eigenvalue weighted by Gasteiger charge is 2.05. The molecule has 0 aliphatic carbocycles. The van der Waals surface area contributed by atoms with Gasteiger partial charge in [0.25, 0.3) is 5.69 Å². The van der Waals surface area contributed by atoms with Crippen LogP contribution in [0.3, 0.4) is 0 Å². The Morgan fingerprint density at radius 3 is 2.48 bits per heavy atom. The molecule has 2 N–H and O–H groups in total. The molecule has 0 atom stereocenters. The van der Waals surface area contributed by atoms with Gasteiger partial charge >= 0.3 is 0 Å². The number of nitro benzene ring substituents is 1. The normalized spacial score (nSPS) is 10.3. The fourth-order valence-electron chi connectivity index (χ4n) is 2.33. The number of nitro groups is 1. The Morgan fingerprint density at radius 1 is 1.08 bits per heavy atom. The smallest absolute Gasteiger partial charge is 0.269 e. The van der Waals surface area contributed by atoms with Crippen LogP contribution in [0.15, 0.2) is 42.5 Å². The summed E-state index contributed by atoms with van der Waals surface area (Å²) < 4.78 is 10.8. The van der Waals surface area contributed by atoms with Crippen LogP contribution in [0.25, 0.3) is 0 Å². The van der Waals surface area contributed by atoms with Gasteiger partial charge < -0.3 is 20.1 Å². The number of nitrogens with zero attached hydrogens (tertiary/aromatic N) is 1. The summed E-state index contributed by atoms with van der Waals surface area (Å²) in [6.45, 7) is 4.72. The number of hydrogen-bond donors (Lipinski definition) is 2. The van der Waals surface area contributed by atoms with Gasteiger partial charge in [-0.05, 0) is 36.8 Å². The Labute approximate surface area is 147 Å². The number of hydrogen-bond acceptors (Lipinski definition) is 6. The van der Waals surface area contributed by atoms with Crippen molar-refractivity contribution >= 4 is 11.4 Å². The second kappa shape index (κ2) is 9.48. The molecule has 0 bridgehead atoms. The monoisotopic (exact) mass is 345 g/mol. The van der Waals surface area contributed by atoms with E-state index in [0.717, 1.165) is 29.3 Å². The van der Waals surface area contributed by atoms with E-state index in [0.29, 0.717) is 19.7 Å². The Balaban J connectivity index is 1.74. The number of methoxy groups -OCH3 is 1. The molecule has 7 nitrogen and oxygen atoms in total. The van der Waals surface area contributed by atoms with Gasteiger partial charge in [-0.2, -0.15) is 0 Å². The lowest BCUT2D eigenvalue weighted by Crippen LogP contribution is -2.21. The summed E-state index contributed by atoms with van der Waals surface area (Å²) >= 11 is 0. The van der Waals surface area contributed by atoms with Crippen LogP contribution < -0.4 is 20.1 Å². The molecule has 2 rings (SSSR count). The second-order valence-corrected chi connectivity index (χ2v) is 5.33. The van der Waals surface area contributed by atoms with Gasteiger partial charge in [-0.25, -0.2) is 0 Å². The predicted molar refractivity (Wildman–Crippen MR) is 97.5 cm³/mol. The summed E-state index contributed by atoms with van der Waals surface area (Å²) in [5.74, 6) is 1.47. The van der Waals surface area contributed by atoms with Crippen LogP contribution in [0.1, 0.15) is 12.5 Å². The van der Waals surface area contributed by atoms with Gasteiger partial charge in [0.05, 0.1) is 18.6 Å². The minimum Gasteiger partial charge on any atom is -0.493 e. The SMILES string of the molecule is CCOc1ccc(CNCCNc2ccc([N+](=O)[O-])cc2)cc1OC. The zero-order valence-electron chi connectivity index (χ0n) is 14.5. The summed E-state index contributed by atoms with van der Waals surface area (Å²) in [7, 11) is 1.63. The van der Waals surface area contributed by atoms with Crippen molar-refractivity contribution in [3.05, 3.63) is 58.1 Å². The van der Waals surface area contributed by atoms with Crippen LogP contribution in [0.4, 0.5) is 11.4 Å². The highest BCUT2D eigenvalue weighted by Crippen LogP contribution is 2.27. The van der Waals surface area contributed by atoms with E-state index >= 15 is 0 Å². The maximum Gasteiger partial charge on any atom is 0.269 e. The van der Waals surface area contributed by atoms with E-state index in [1.54, 1.807) is 19.2 Å². The number of non-ortho nitro benzene ring substituents is 1. The fourth-order valence-corrected chi connectivity index (χ4v) is 2.33. The van der Waals surface area contributed by atoms with E-state index in [-0.39, 0.29) is 5.69 Å². The first kappa shape index (κ1) is 18.5. The molecule has 0 spiro atoms. The van der Waals surface area contributed by atoms with E-state index in [4.69, 9.17) is 9.47 Å². The zero-order valence-corrected chi connectivity index (χ0v) is 14.5. The van der Waals surface area contributed by atoms with Crippen molar-refractivity contribution in [2.75, 3.05) is 32.1 Å². The molecule has 0 aliphatic rings. The van der Waals surface area contributed by atoms with E-state index in [1.165, 1.54) is 12.1 Å². The van der Waals surface area contributed by atoms with Crippen LogP contribution in [-0.2, 0) is 6.54 Å². The molecule has 0 amide bonds. The van der Waals surface area contributed by atoms with Gasteiger partial charge in [-0.1, -0.05) is 6.07 Å². The molecular weight excluding hydrogens is 322 g/mol. The number of nitrogens with one attached hydrogen (secondary N) is 2. The minimum atomic E-state index is -0.406. The molecule has 2 aromatic rings. The molecule has 2 aromatic carbocycles. The van der Waals surface area contributed by atoms with E-state index in [1.807, 2.05) is 25.1 Å². The second-order valence-electron chi connectivity index (χ2n) is 5.33. The number of anilines is 1. The van der Waals surface area contributed by atoms with Crippen LogP contribution in [0, 0.1) is 10.1 Å². The number of rotatable bonds is 10. The highest BCUT2D eigenvalue weighted by molar-refractivity contribution is 5.48. The highest BCUT2D eigenvalue weighted by atomic mass is 16.6. The van der Waals surface area contributed by atoms with Crippen molar-refractivity contribution in [1.29, 1.82) is 0 Å². The lowest BCUT2D eigenvalue weighted by molar-refractivity contribution is -0.384. The minimum absolute atomic E-state index is 0.0909. The largest absolute Gasteiger partial charge is 0.493 e. The average Bonchev–Trinajstić information content (AvgIpc) is 2.63. The van der Waals surface area contributed by atoms with Gasteiger partial charge in [0.2, 0.25) is 0 Å². The van der Waals surface area contributed by atoms with Gasteiger partial charge in [-0.15, -0.1) is 0 Å². The molecular formula is C18H23N3O4. The average molecular weight is 345 g/mol. The summed E-state index contributed by atoms with van der Waals surface area (Å²) in [6.07, 6.45) is 0. The topological polar surface area (TPSA) is 85.7 Å².